The highest BCUT2D eigenvalue weighted by Gasteiger charge is 2.38. The third-order valence-corrected chi connectivity index (χ3v) is 4.38. The molecule has 1 saturated carbocycles. The molecule has 1 fully saturated rings. The first-order chi connectivity index (χ1) is 8.43. The summed E-state index contributed by atoms with van der Waals surface area (Å²) in [5, 5.41) is 0. The highest BCUT2D eigenvalue weighted by Crippen LogP contribution is 2.35. The van der Waals surface area contributed by atoms with Gasteiger partial charge >= 0.3 is 0 Å². The van der Waals surface area contributed by atoms with Gasteiger partial charge in [-0.1, -0.05) is 46.5 Å². The van der Waals surface area contributed by atoms with E-state index < -0.39 is 0 Å². The molecule has 1 rings (SSSR count). The van der Waals surface area contributed by atoms with Crippen LogP contribution in [0, 0.1) is 5.41 Å². The molecule has 0 amide bonds. The van der Waals surface area contributed by atoms with Crippen molar-refractivity contribution < 1.29 is 4.74 Å². The largest absolute Gasteiger partial charge is 0.377 e. The molecular formula is C15H32N2O. The molecule has 0 saturated heterocycles. The summed E-state index contributed by atoms with van der Waals surface area (Å²) < 4.78 is 5.93. The Labute approximate surface area is 113 Å². The second kappa shape index (κ2) is 6.88. The van der Waals surface area contributed by atoms with Crippen molar-refractivity contribution >= 4 is 0 Å². The molecule has 0 spiro atoms. The topological polar surface area (TPSA) is 47.3 Å². The van der Waals surface area contributed by atoms with E-state index in [0.29, 0.717) is 5.41 Å². The molecule has 0 aromatic heterocycles. The third-order valence-electron chi connectivity index (χ3n) is 4.38. The van der Waals surface area contributed by atoms with Crippen molar-refractivity contribution in [1.29, 1.82) is 0 Å². The molecule has 1 aliphatic carbocycles. The van der Waals surface area contributed by atoms with Crippen molar-refractivity contribution in [2.45, 2.75) is 83.8 Å². The van der Waals surface area contributed by atoms with Gasteiger partial charge in [0.05, 0.1) is 11.6 Å². The molecule has 1 unspecified atom stereocenters. The summed E-state index contributed by atoms with van der Waals surface area (Å²) in [5.41, 5.74) is 3.35. The molecule has 0 radical (unpaired) electrons. The van der Waals surface area contributed by atoms with Gasteiger partial charge < -0.3 is 4.74 Å². The summed E-state index contributed by atoms with van der Waals surface area (Å²) in [7, 11) is 1.85. The number of nitrogens with one attached hydrogen (secondary N) is 1. The normalized spacial score (nSPS) is 22.5. The first-order valence-electron chi connectivity index (χ1n) is 7.45. The van der Waals surface area contributed by atoms with Gasteiger partial charge in [0.2, 0.25) is 0 Å². The highest BCUT2D eigenvalue weighted by molar-refractivity contribution is 4.94. The quantitative estimate of drug-likeness (QED) is 0.450. The Balaban J connectivity index is 2.68. The molecule has 0 aromatic carbocycles. The van der Waals surface area contributed by atoms with Crippen molar-refractivity contribution in [1.82, 2.24) is 5.43 Å². The molecule has 18 heavy (non-hydrogen) atoms. The van der Waals surface area contributed by atoms with Crippen LogP contribution in [0.4, 0.5) is 0 Å². The summed E-state index contributed by atoms with van der Waals surface area (Å²) >= 11 is 0. The van der Waals surface area contributed by atoms with Crippen LogP contribution >= 0.6 is 0 Å². The smallest absolute Gasteiger partial charge is 0.0844 e. The van der Waals surface area contributed by atoms with Crippen LogP contribution in [0.15, 0.2) is 0 Å². The monoisotopic (exact) mass is 256 g/mol. The molecular weight excluding hydrogens is 224 g/mol. The number of hydrogen-bond donors (Lipinski definition) is 2. The van der Waals surface area contributed by atoms with Gasteiger partial charge in [0, 0.05) is 7.11 Å². The standard InChI is InChI=1S/C15H32N2O/c1-14(2,3)12-9-13(17-16)15(18-4)10-7-5-6-8-11-15/h13,17H,5-12,16H2,1-4H3. The van der Waals surface area contributed by atoms with Crippen molar-refractivity contribution in [2.24, 2.45) is 11.3 Å². The van der Waals surface area contributed by atoms with Crippen LogP contribution in [-0.2, 0) is 4.74 Å². The molecule has 1 aliphatic rings. The summed E-state index contributed by atoms with van der Waals surface area (Å²) in [5.74, 6) is 5.81. The lowest BCUT2D eigenvalue weighted by atomic mass is 9.80. The van der Waals surface area contributed by atoms with E-state index in [1.807, 2.05) is 7.11 Å². The predicted molar refractivity (Wildman–Crippen MR) is 77.2 cm³/mol. The van der Waals surface area contributed by atoms with Crippen LogP contribution in [-0.4, -0.2) is 18.8 Å². The van der Waals surface area contributed by atoms with Gasteiger partial charge in [0.1, 0.15) is 0 Å². The fourth-order valence-electron chi connectivity index (χ4n) is 3.10. The molecule has 0 aromatic rings. The Morgan fingerprint density at radius 1 is 1.17 bits per heavy atom. The zero-order chi connectivity index (χ0) is 13.6. The van der Waals surface area contributed by atoms with Crippen LogP contribution in [0.25, 0.3) is 0 Å². The van der Waals surface area contributed by atoms with E-state index in [0.717, 1.165) is 19.3 Å². The molecule has 108 valence electrons. The fourth-order valence-corrected chi connectivity index (χ4v) is 3.10. The number of hydrazine groups is 1. The molecule has 0 bridgehead atoms. The van der Waals surface area contributed by atoms with Crippen LogP contribution in [0.5, 0.6) is 0 Å². The van der Waals surface area contributed by atoms with Crippen molar-refractivity contribution in [2.75, 3.05) is 7.11 Å². The van der Waals surface area contributed by atoms with Gasteiger partial charge in [0.15, 0.2) is 0 Å². The van der Waals surface area contributed by atoms with E-state index in [2.05, 4.69) is 26.2 Å². The first-order valence-corrected chi connectivity index (χ1v) is 7.45. The van der Waals surface area contributed by atoms with Gasteiger partial charge in [-0.05, 0) is 31.1 Å². The SMILES string of the molecule is COC1(C(CCC(C)(C)C)NN)CCCCCC1. The number of ether oxygens (including phenoxy) is 1. The van der Waals surface area contributed by atoms with Crippen molar-refractivity contribution in [3.8, 4) is 0 Å². The van der Waals surface area contributed by atoms with E-state index in [-0.39, 0.29) is 11.6 Å². The fraction of sp³-hybridized carbons (Fsp3) is 1.00. The molecule has 3 N–H and O–H groups in total. The number of nitrogens with two attached hydrogens (primary N) is 1. The summed E-state index contributed by atoms with van der Waals surface area (Å²) in [6.45, 7) is 6.85. The van der Waals surface area contributed by atoms with Crippen LogP contribution in [0.2, 0.25) is 0 Å². The van der Waals surface area contributed by atoms with Gasteiger partial charge in [-0.25, -0.2) is 0 Å². The Hall–Kier alpha value is -0.120. The Kier molecular flexibility index (Phi) is 6.09. The van der Waals surface area contributed by atoms with Crippen LogP contribution in [0.1, 0.15) is 72.1 Å². The molecule has 0 aliphatic heterocycles. The van der Waals surface area contributed by atoms with E-state index in [4.69, 9.17) is 10.6 Å². The second-order valence-corrected chi connectivity index (χ2v) is 7.00. The minimum atomic E-state index is -0.0451. The maximum atomic E-state index is 5.93. The third kappa shape index (κ3) is 4.52. The minimum Gasteiger partial charge on any atom is -0.377 e. The molecule has 3 heteroatoms. The van der Waals surface area contributed by atoms with Gasteiger partial charge in [-0.15, -0.1) is 0 Å². The number of rotatable bonds is 5. The highest BCUT2D eigenvalue weighted by atomic mass is 16.5. The van der Waals surface area contributed by atoms with E-state index in [1.165, 1.54) is 32.1 Å². The summed E-state index contributed by atoms with van der Waals surface area (Å²) in [6, 6.07) is 0.278. The van der Waals surface area contributed by atoms with E-state index >= 15 is 0 Å². The predicted octanol–water partition coefficient (Wildman–Crippen LogP) is 3.38. The first kappa shape index (κ1) is 15.9. The zero-order valence-corrected chi connectivity index (χ0v) is 12.7. The lowest BCUT2D eigenvalue weighted by Gasteiger charge is -2.40. The minimum absolute atomic E-state index is 0.0451. The number of methoxy groups -OCH3 is 1. The average Bonchev–Trinajstić information content (AvgIpc) is 2.55. The maximum Gasteiger partial charge on any atom is 0.0844 e. The summed E-state index contributed by atoms with van der Waals surface area (Å²) in [6.07, 6.45) is 9.75. The van der Waals surface area contributed by atoms with Gasteiger partial charge in [-0.3, -0.25) is 11.3 Å². The van der Waals surface area contributed by atoms with E-state index in [9.17, 15) is 0 Å². The molecule has 0 heterocycles. The van der Waals surface area contributed by atoms with Crippen LogP contribution < -0.4 is 11.3 Å². The average molecular weight is 256 g/mol. The van der Waals surface area contributed by atoms with Gasteiger partial charge in [0.25, 0.3) is 0 Å². The lowest BCUT2D eigenvalue weighted by Crippen LogP contribution is -2.54. The Morgan fingerprint density at radius 3 is 2.11 bits per heavy atom. The Bertz CT molecular complexity index is 227. The lowest BCUT2D eigenvalue weighted by molar-refractivity contribution is -0.0568. The maximum absolute atomic E-state index is 5.93. The summed E-state index contributed by atoms with van der Waals surface area (Å²) in [4.78, 5) is 0. The van der Waals surface area contributed by atoms with Crippen LogP contribution in [0.3, 0.4) is 0 Å². The van der Waals surface area contributed by atoms with Gasteiger partial charge in [-0.2, -0.15) is 0 Å². The zero-order valence-electron chi connectivity index (χ0n) is 12.7. The number of hydrogen-bond acceptors (Lipinski definition) is 3. The second-order valence-electron chi connectivity index (χ2n) is 7.00. The molecule has 1 atom stereocenters. The van der Waals surface area contributed by atoms with Crippen molar-refractivity contribution in [3.63, 3.8) is 0 Å². The molecule has 3 nitrogen and oxygen atoms in total. The Morgan fingerprint density at radius 2 is 1.72 bits per heavy atom. The van der Waals surface area contributed by atoms with E-state index in [1.54, 1.807) is 0 Å². The van der Waals surface area contributed by atoms with Crippen molar-refractivity contribution in [3.05, 3.63) is 0 Å².